The maximum absolute atomic E-state index is 12.9. The lowest BCUT2D eigenvalue weighted by Gasteiger charge is -2.21. The summed E-state index contributed by atoms with van der Waals surface area (Å²) < 4.78 is 0. The van der Waals surface area contributed by atoms with Gasteiger partial charge >= 0.3 is 0 Å². The first-order valence-electron chi connectivity index (χ1n) is 8.76. The first-order valence-corrected chi connectivity index (χ1v) is 9.14. The van der Waals surface area contributed by atoms with E-state index in [1.165, 1.54) is 0 Å². The molecule has 1 atom stereocenters. The standard InChI is InChI=1S/C20H22ClN5O/c1-12(2)18(14-4-3-5-15(21)10-14)20(27)23-16-8-6-13(7-9-16)19-24-17(11-22)25-26-19/h3-10,12,18H,11,22H2,1-2H3,(H,23,27)(H,24,25,26). The van der Waals surface area contributed by atoms with Gasteiger partial charge in [-0.1, -0.05) is 37.6 Å². The predicted molar refractivity (Wildman–Crippen MR) is 107 cm³/mol. The molecule has 0 saturated carbocycles. The van der Waals surface area contributed by atoms with Crippen LogP contribution in [0.3, 0.4) is 0 Å². The van der Waals surface area contributed by atoms with Gasteiger partial charge in [-0.05, 0) is 47.9 Å². The number of benzene rings is 2. The van der Waals surface area contributed by atoms with E-state index in [0.717, 1.165) is 11.1 Å². The number of hydrogen-bond donors (Lipinski definition) is 3. The van der Waals surface area contributed by atoms with Crippen LogP contribution in [0.25, 0.3) is 11.4 Å². The minimum absolute atomic E-state index is 0.0664. The Morgan fingerprint density at radius 1 is 1.22 bits per heavy atom. The second-order valence-electron chi connectivity index (χ2n) is 6.65. The maximum Gasteiger partial charge on any atom is 0.232 e. The lowest BCUT2D eigenvalue weighted by Crippen LogP contribution is -2.25. The van der Waals surface area contributed by atoms with Crippen LogP contribution in [0.5, 0.6) is 0 Å². The first-order chi connectivity index (χ1) is 13.0. The molecule has 140 valence electrons. The summed E-state index contributed by atoms with van der Waals surface area (Å²) in [7, 11) is 0. The van der Waals surface area contributed by atoms with Gasteiger partial charge in [0.1, 0.15) is 5.82 Å². The van der Waals surface area contributed by atoms with E-state index in [0.29, 0.717) is 28.9 Å². The van der Waals surface area contributed by atoms with Gasteiger partial charge in [0.25, 0.3) is 0 Å². The molecule has 1 unspecified atom stereocenters. The van der Waals surface area contributed by atoms with E-state index in [1.54, 1.807) is 6.07 Å². The molecule has 7 heteroatoms. The number of nitrogens with one attached hydrogen (secondary N) is 2. The van der Waals surface area contributed by atoms with Crippen molar-refractivity contribution in [1.82, 2.24) is 15.2 Å². The number of halogens is 1. The Morgan fingerprint density at radius 3 is 2.56 bits per heavy atom. The number of rotatable bonds is 6. The van der Waals surface area contributed by atoms with Gasteiger partial charge in [-0.15, -0.1) is 0 Å². The van der Waals surface area contributed by atoms with Crippen LogP contribution < -0.4 is 11.1 Å². The molecule has 0 aliphatic rings. The molecule has 0 aliphatic carbocycles. The Balaban J connectivity index is 1.76. The average molecular weight is 384 g/mol. The van der Waals surface area contributed by atoms with Crippen molar-refractivity contribution in [3.63, 3.8) is 0 Å². The largest absolute Gasteiger partial charge is 0.326 e. The van der Waals surface area contributed by atoms with Crippen molar-refractivity contribution >= 4 is 23.2 Å². The summed E-state index contributed by atoms with van der Waals surface area (Å²) in [6.45, 7) is 4.35. The average Bonchev–Trinajstić information content (AvgIpc) is 3.11. The van der Waals surface area contributed by atoms with E-state index in [1.807, 2.05) is 56.3 Å². The summed E-state index contributed by atoms with van der Waals surface area (Å²) in [6, 6.07) is 14.8. The number of carbonyl (C=O) groups excluding carboxylic acids is 1. The summed E-state index contributed by atoms with van der Waals surface area (Å²) in [6.07, 6.45) is 0. The van der Waals surface area contributed by atoms with Gasteiger partial charge in [-0.3, -0.25) is 9.89 Å². The molecule has 0 bridgehead atoms. The number of amides is 1. The molecular formula is C20H22ClN5O. The number of anilines is 1. The maximum atomic E-state index is 12.9. The fourth-order valence-corrected chi connectivity index (χ4v) is 3.18. The Labute approximate surface area is 163 Å². The van der Waals surface area contributed by atoms with Crippen LogP contribution in [-0.4, -0.2) is 21.1 Å². The molecule has 0 spiro atoms. The quantitative estimate of drug-likeness (QED) is 0.600. The number of nitrogens with two attached hydrogens (primary N) is 1. The first kappa shape index (κ1) is 19.1. The third-order valence-corrected chi connectivity index (χ3v) is 4.53. The highest BCUT2D eigenvalue weighted by atomic mass is 35.5. The smallest absolute Gasteiger partial charge is 0.232 e. The van der Waals surface area contributed by atoms with E-state index >= 15 is 0 Å². The minimum atomic E-state index is -0.288. The number of aromatic amines is 1. The van der Waals surface area contributed by atoms with E-state index < -0.39 is 0 Å². The molecule has 0 saturated heterocycles. The lowest BCUT2D eigenvalue weighted by atomic mass is 9.87. The number of H-pyrrole nitrogens is 1. The van der Waals surface area contributed by atoms with Crippen LogP contribution in [0.1, 0.15) is 31.2 Å². The van der Waals surface area contributed by atoms with E-state index in [-0.39, 0.29) is 17.7 Å². The number of hydrogen-bond acceptors (Lipinski definition) is 4. The fraction of sp³-hybridized carbons (Fsp3) is 0.250. The van der Waals surface area contributed by atoms with Crippen molar-refractivity contribution in [3.05, 3.63) is 64.9 Å². The second-order valence-corrected chi connectivity index (χ2v) is 7.09. The molecule has 27 heavy (non-hydrogen) atoms. The lowest BCUT2D eigenvalue weighted by molar-refractivity contribution is -0.118. The Kier molecular flexibility index (Phi) is 5.88. The highest BCUT2D eigenvalue weighted by molar-refractivity contribution is 6.30. The van der Waals surface area contributed by atoms with Crippen molar-refractivity contribution in [1.29, 1.82) is 0 Å². The topological polar surface area (TPSA) is 96.7 Å². The summed E-state index contributed by atoms with van der Waals surface area (Å²) in [5.74, 6) is 0.980. The number of nitrogens with zero attached hydrogens (tertiary/aromatic N) is 2. The van der Waals surface area contributed by atoms with Crippen molar-refractivity contribution in [2.45, 2.75) is 26.3 Å². The van der Waals surface area contributed by atoms with Crippen LogP contribution in [0.4, 0.5) is 5.69 Å². The molecule has 3 aromatic rings. The van der Waals surface area contributed by atoms with Crippen LogP contribution in [0.15, 0.2) is 48.5 Å². The van der Waals surface area contributed by atoms with Crippen molar-refractivity contribution in [2.24, 2.45) is 11.7 Å². The normalized spacial score (nSPS) is 12.2. The molecule has 1 heterocycles. The molecule has 3 rings (SSSR count). The zero-order chi connectivity index (χ0) is 19.4. The molecule has 0 aliphatic heterocycles. The van der Waals surface area contributed by atoms with Gasteiger partial charge in [0.05, 0.1) is 12.5 Å². The fourth-order valence-electron chi connectivity index (χ4n) is 2.98. The third kappa shape index (κ3) is 4.53. The number of carbonyl (C=O) groups is 1. The van der Waals surface area contributed by atoms with Gasteiger partial charge in [-0.25, -0.2) is 4.98 Å². The minimum Gasteiger partial charge on any atom is -0.326 e. The number of aromatic nitrogens is 3. The van der Waals surface area contributed by atoms with Gasteiger partial charge in [0.15, 0.2) is 5.82 Å². The Morgan fingerprint density at radius 2 is 1.96 bits per heavy atom. The summed E-state index contributed by atoms with van der Waals surface area (Å²) in [5, 5.41) is 10.5. The van der Waals surface area contributed by atoms with Gasteiger partial charge in [0.2, 0.25) is 5.91 Å². The van der Waals surface area contributed by atoms with Crippen LogP contribution in [-0.2, 0) is 11.3 Å². The van der Waals surface area contributed by atoms with Gasteiger partial charge in [-0.2, -0.15) is 5.10 Å². The van der Waals surface area contributed by atoms with Gasteiger partial charge < -0.3 is 11.1 Å². The van der Waals surface area contributed by atoms with Crippen molar-refractivity contribution in [2.75, 3.05) is 5.32 Å². The monoisotopic (exact) mass is 383 g/mol. The summed E-state index contributed by atoms with van der Waals surface area (Å²) in [4.78, 5) is 17.2. The molecule has 0 radical (unpaired) electrons. The van der Waals surface area contributed by atoms with Crippen LogP contribution >= 0.6 is 11.6 Å². The molecule has 1 aromatic heterocycles. The molecule has 4 N–H and O–H groups in total. The second kappa shape index (κ2) is 8.33. The highest BCUT2D eigenvalue weighted by Gasteiger charge is 2.24. The van der Waals surface area contributed by atoms with Crippen LogP contribution in [0, 0.1) is 5.92 Å². The zero-order valence-corrected chi connectivity index (χ0v) is 16.0. The van der Waals surface area contributed by atoms with E-state index in [4.69, 9.17) is 17.3 Å². The molecule has 2 aromatic carbocycles. The summed E-state index contributed by atoms with van der Waals surface area (Å²) in [5.41, 5.74) is 8.01. The Bertz CT molecular complexity index is 920. The van der Waals surface area contributed by atoms with Crippen molar-refractivity contribution in [3.8, 4) is 11.4 Å². The molecule has 6 nitrogen and oxygen atoms in total. The van der Waals surface area contributed by atoms with Crippen LogP contribution in [0.2, 0.25) is 5.02 Å². The Hall–Kier alpha value is -2.70. The van der Waals surface area contributed by atoms with Crippen molar-refractivity contribution < 1.29 is 4.79 Å². The van der Waals surface area contributed by atoms with Gasteiger partial charge in [0, 0.05) is 16.3 Å². The highest BCUT2D eigenvalue weighted by Crippen LogP contribution is 2.28. The summed E-state index contributed by atoms with van der Waals surface area (Å²) >= 11 is 6.09. The zero-order valence-electron chi connectivity index (χ0n) is 15.2. The predicted octanol–water partition coefficient (Wildman–Crippen LogP) is 3.96. The van der Waals surface area contributed by atoms with E-state index in [2.05, 4.69) is 20.5 Å². The third-order valence-electron chi connectivity index (χ3n) is 4.29. The van der Waals surface area contributed by atoms with E-state index in [9.17, 15) is 4.79 Å². The SMILES string of the molecule is CC(C)C(C(=O)Nc1ccc(-c2n[nH]c(CN)n2)cc1)c1cccc(Cl)c1. The molecule has 0 fully saturated rings. The molecular weight excluding hydrogens is 362 g/mol. The molecule has 1 amide bonds.